The van der Waals surface area contributed by atoms with Gasteiger partial charge in [-0.2, -0.15) is 0 Å². The summed E-state index contributed by atoms with van der Waals surface area (Å²) in [4.78, 5) is 26.4. The van der Waals surface area contributed by atoms with E-state index in [4.69, 9.17) is 4.74 Å². The minimum Gasteiger partial charge on any atom is -0.459 e. The van der Waals surface area contributed by atoms with Crippen LogP contribution in [0.3, 0.4) is 0 Å². The number of benzene rings is 1. The topological polar surface area (TPSA) is 59.2 Å². The molecule has 0 aliphatic carbocycles. The van der Waals surface area contributed by atoms with Gasteiger partial charge in [0.25, 0.3) is 0 Å². The largest absolute Gasteiger partial charge is 0.459 e. The fourth-order valence-corrected chi connectivity index (χ4v) is 1.87. The standard InChI is InChI=1S/C15H17NO3/c1-4-10(3)19-15(18)12-8-14(17)16-13-6-5-9(2)7-11(12)13/h5-8,10H,4H2,1-3H3,(H,16,17). The van der Waals surface area contributed by atoms with Crippen LogP contribution in [0.1, 0.15) is 36.2 Å². The molecule has 1 atom stereocenters. The maximum atomic E-state index is 12.1. The van der Waals surface area contributed by atoms with Crippen molar-refractivity contribution in [3.63, 3.8) is 0 Å². The molecule has 0 radical (unpaired) electrons. The highest BCUT2D eigenvalue weighted by atomic mass is 16.5. The number of carbonyl (C=O) groups excluding carboxylic acids is 1. The number of nitrogens with one attached hydrogen (secondary N) is 1. The van der Waals surface area contributed by atoms with Crippen molar-refractivity contribution in [2.75, 3.05) is 0 Å². The van der Waals surface area contributed by atoms with Crippen LogP contribution in [0.25, 0.3) is 10.9 Å². The van der Waals surface area contributed by atoms with Crippen LogP contribution in [0, 0.1) is 6.92 Å². The molecule has 4 heteroatoms. The number of fused-ring (bicyclic) bond motifs is 1. The van der Waals surface area contributed by atoms with E-state index in [0.29, 0.717) is 16.5 Å². The van der Waals surface area contributed by atoms with Gasteiger partial charge in [0.05, 0.1) is 11.7 Å². The molecular weight excluding hydrogens is 242 g/mol. The lowest BCUT2D eigenvalue weighted by molar-refractivity contribution is 0.0336. The third kappa shape index (κ3) is 2.84. The van der Waals surface area contributed by atoms with E-state index in [-0.39, 0.29) is 11.7 Å². The Morgan fingerprint density at radius 1 is 1.37 bits per heavy atom. The summed E-state index contributed by atoms with van der Waals surface area (Å²) in [7, 11) is 0. The number of esters is 1. The monoisotopic (exact) mass is 259 g/mol. The quantitative estimate of drug-likeness (QED) is 0.862. The first-order chi connectivity index (χ1) is 9.01. The predicted octanol–water partition coefficient (Wildman–Crippen LogP) is 2.79. The highest BCUT2D eigenvalue weighted by Crippen LogP contribution is 2.18. The number of H-pyrrole nitrogens is 1. The van der Waals surface area contributed by atoms with Gasteiger partial charge in [0.2, 0.25) is 5.56 Å². The summed E-state index contributed by atoms with van der Waals surface area (Å²) in [5, 5.41) is 0.716. The number of aryl methyl sites for hydroxylation is 1. The van der Waals surface area contributed by atoms with Gasteiger partial charge < -0.3 is 9.72 Å². The van der Waals surface area contributed by atoms with Crippen molar-refractivity contribution in [3.05, 3.63) is 45.7 Å². The molecule has 0 spiro atoms. The van der Waals surface area contributed by atoms with Crippen LogP contribution in [0.4, 0.5) is 0 Å². The van der Waals surface area contributed by atoms with Gasteiger partial charge in [-0.3, -0.25) is 4.79 Å². The molecular formula is C15H17NO3. The lowest BCUT2D eigenvalue weighted by Crippen LogP contribution is -2.17. The van der Waals surface area contributed by atoms with Gasteiger partial charge in [0.15, 0.2) is 0 Å². The molecule has 0 saturated heterocycles. The van der Waals surface area contributed by atoms with Gasteiger partial charge in [0, 0.05) is 17.0 Å². The van der Waals surface area contributed by atoms with Crippen LogP contribution in [-0.2, 0) is 4.74 Å². The van der Waals surface area contributed by atoms with E-state index in [1.165, 1.54) is 6.07 Å². The van der Waals surface area contributed by atoms with Crippen molar-refractivity contribution >= 4 is 16.9 Å². The fourth-order valence-electron chi connectivity index (χ4n) is 1.87. The summed E-state index contributed by atoms with van der Waals surface area (Å²) >= 11 is 0. The zero-order valence-electron chi connectivity index (χ0n) is 11.3. The molecule has 0 saturated carbocycles. The van der Waals surface area contributed by atoms with Crippen molar-refractivity contribution in [2.45, 2.75) is 33.3 Å². The van der Waals surface area contributed by atoms with E-state index in [0.717, 1.165) is 12.0 Å². The zero-order chi connectivity index (χ0) is 14.0. The first-order valence-corrected chi connectivity index (χ1v) is 6.36. The maximum Gasteiger partial charge on any atom is 0.339 e. The average Bonchev–Trinajstić information content (AvgIpc) is 2.38. The number of hydrogen-bond donors (Lipinski definition) is 1. The molecule has 0 aliphatic rings. The lowest BCUT2D eigenvalue weighted by Gasteiger charge is -2.12. The van der Waals surface area contributed by atoms with E-state index in [9.17, 15) is 9.59 Å². The van der Waals surface area contributed by atoms with Crippen molar-refractivity contribution in [1.82, 2.24) is 4.98 Å². The van der Waals surface area contributed by atoms with Crippen LogP contribution in [0.15, 0.2) is 29.1 Å². The van der Waals surface area contributed by atoms with Crippen LogP contribution in [-0.4, -0.2) is 17.1 Å². The number of carbonyl (C=O) groups is 1. The first-order valence-electron chi connectivity index (χ1n) is 6.36. The summed E-state index contributed by atoms with van der Waals surface area (Å²) in [6.07, 6.45) is 0.581. The number of pyridine rings is 1. The minimum absolute atomic E-state index is 0.161. The molecule has 1 unspecified atom stereocenters. The third-order valence-corrected chi connectivity index (χ3v) is 3.10. The normalized spacial score (nSPS) is 12.4. The number of aromatic nitrogens is 1. The SMILES string of the molecule is CCC(C)OC(=O)c1cc(=O)[nH]c2ccc(C)cc12. The van der Waals surface area contributed by atoms with Gasteiger partial charge in [-0.05, 0) is 32.4 Å². The van der Waals surface area contributed by atoms with Crippen LogP contribution < -0.4 is 5.56 Å². The molecule has 1 N–H and O–H groups in total. The van der Waals surface area contributed by atoms with Crippen molar-refractivity contribution < 1.29 is 9.53 Å². The van der Waals surface area contributed by atoms with E-state index in [1.807, 2.05) is 32.9 Å². The lowest BCUT2D eigenvalue weighted by atomic mass is 10.1. The number of aromatic amines is 1. The summed E-state index contributed by atoms with van der Waals surface area (Å²) in [5.74, 6) is -0.448. The molecule has 1 aromatic heterocycles. The van der Waals surface area contributed by atoms with E-state index < -0.39 is 5.97 Å². The highest BCUT2D eigenvalue weighted by molar-refractivity contribution is 6.03. The van der Waals surface area contributed by atoms with Crippen molar-refractivity contribution in [1.29, 1.82) is 0 Å². The number of ether oxygens (including phenoxy) is 1. The number of rotatable bonds is 3. The highest BCUT2D eigenvalue weighted by Gasteiger charge is 2.15. The molecule has 4 nitrogen and oxygen atoms in total. The van der Waals surface area contributed by atoms with Crippen molar-refractivity contribution in [2.24, 2.45) is 0 Å². The van der Waals surface area contributed by atoms with Crippen LogP contribution in [0.2, 0.25) is 0 Å². The first kappa shape index (κ1) is 13.3. The molecule has 0 fully saturated rings. The second-order valence-electron chi connectivity index (χ2n) is 4.72. The minimum atomic E-state index is -0.448. The molecule has 1 heterocycles. The van der Waals surface area contributed by atoms with Crippen molar-refractivity contribution in [3.8, 4) is 0 Å². The van der Waals surface area contributed by atoms with Crippen LogP contribution in [0.5, 0.6) is 0 Å². The summed E-state index contributed by atoms with van der Waals surface area (Å²) in [6, 6.07) is 6.86. The van der Waals surface area contributed by atoms with E-state index in [2.05, 4.69) is 4.98 Å². The second-order valence-corrected chi connectivity index (χ2v) is 4.72. The smallest absolute Gasteiger partial charge is 0.339 e. The molecule has 2 rings (SSSR count). The second kappa shape index (κ2) is 5.26. The summed E-state index contributed by atoms with van der Waals surface area (Å²) in [5.41, 5.74) is 1.70. The van der Waals surface area contributed by atoms with Gasteiger partial charge in [0.1, 0.15) is 0 Å². The van der Waals surface area contributed by atoms with Gasteiger partial charge in [-0.1, -0.05) is 18.6 Å². The fraction of sp³-hybridized carbons (Fsp3) is 0.333. The summed E-state index contributed by atoms with van der Waals surface area (Å²) < 4.78 is 5.30. The molecule has 0 aliphatic heterocycles. The molecule has 19 heavy (non-hydrogen) atoms. The third-order valence-electron chi connectivity index (χ3n) is 3.10. The Hall–Kier alpha value is -2.10. The van der Waals surface area contributed by atoms with Crippen LogP contribution >= 0.6 is 0 Å². The maximum absolute atomic E-state index is 12.1. The zero-order valence-corrected chi connectivity index (χ0v) is 11.3. The van der Waals surface area contributed by atoms with Gasteiger partial charge >= 0.3 is 5.97 Å². The molecule has 0 bridgehead atoms. The Morgan fingerprint density at radius 2 is 2.11 bits per heavy atom. The number of hydrogen-bond acceptors (Lipinski definition) is 3. The molecule has 2 aromatic rings. The molecule has 0 amide bonds. The molecule has 1 aromatic carbocycles. The van der Waals surface area contributed by atoms with Gasteiger partial charge in [-0.15, -0.1) is 0 Å². The summed E-state index contributed by atoms with van der Waals surface area (Å²) in [6.45, 7) is 5.71. The Labute approximate surface area is 111 Å². The Morgan fingerprint density at radius 3 is 2.79 bits per heavy atom. The van der Waals surface area contributed by atoms with Gasteiger partial charge in [-0.25, -0.2) is 4.79 Å². The van der Waals surface area contributed by atoms with E-state index in [1.54, 1.807) is 6.07 Å². The molecule has 100 valence electrons. The van der Waals surface area contributed by atoms with E-state index >= 15 is 0 Å². The average molecular weight is 259 g/mol. The Kier molecular flexibility index (Phi) is 3.69. The Bertz CT molecular complexity index is 673. The Balaban J connectivity index is 2.55. The predicted molar refractivity (Wildman–Crippen MR) is 74.5 cm³/mol.